The molecule has 0 unspecified atom stereocenters. The third-order valence-electron chi connectivity index (χ3n) is 3.75. The van der Waals surface area contributed by atoms with Crippen LogP contribution in [0, 0.1) is 0 Å². The maximum atomic E-state index is 12.6. The number of aromatic nitrogens is 2. The van der Waals surface area contributed by atoms with E-state index in [0.29, 0.717) is 12.2 Å². The lowest BCUT2D eigenvalue weighted by Gasteiger charge is -2.09. The summed E-state index contributed by atoms with van der Waals surface area (Å²) in [5.41, 5.74) is 1.35. The average Bonchev–Trinajstić information content (AvgIpc) is 2.66. The van der Waals surface area contributed by atoms with Crippen molar-refractivity contribution in [3.8, 4) is 0 Å². The predicted octanol–water partition coefficient (Wildman–Crippen LogP) is 3.66. The molecule has 0 saturated carbocycles. The molecule has 0 fully saturated rings. The number of hydrogen-bond donors (Lipinski definition) is 1. The van der Waals surface area contributed by atoms with Crippen molar-refractivity contribution >= 4 is 23.4 Å². The van der Waals surface area contributed by atoms with E-state index in [1.54, 1.807) is 36.3 Å². The lowest BCUT2D eigenvalue weighted by atomic mass is 10.2. The smallest absolute Gasteiger partial charge is 0.263 e. The molecule has 3 aromatic rings. The van der Waals surface area contributed by atoms with Gasteiger partial charge in [0.2, 0.25) is 0 Å². The molecule has 0 saturated heterocycles. The number of rotatable bonds is 6. The van der Waals surface area contributed by atoms with E-state index < -0.39 is 5.91 Å². The van der Waals surface area contributed by atoms with Crippen LogP contribution in [0.4, 0.5) is 5.69 Å². The van der Waals surface area contributed by atoms with Crippen molar-refractivity contribution in [2.75, 3.05) is 11.1 Å². The molecule has 0 aliphatic carbocycles. The zero-order chi connectivity index (χ0) is 18.4. The number of nitrogens with zero attached hydrogens (tertiary/aromatic N) is 2. The Balaban J connectivity index is 1.77. The Morgan fingerprint density at radius 1 is 1.12 bits per heavy atom. The van der Waals surface area contributed by atoms with Crippen LogP contribution in [-0.2, 0) is 6.54 Å². The van der Waals surface area contributed by atoms with E-state index in [9.17, 15) is 9.59 Å². The molecule has 1 N–H and O–H groups in total. The molecular formula is C20H19N3O2S. The molecule has 6 heteroatoms. The lowest BCUT2D eigenvalue weighted by molar-refractivity contribution is 0.102. The molecule has 0 atom stereocenters. The summed E-state index contributed by atoms with van der Waals surface area (Å²) in [5.74, 6) is 0.499. The van der Waals surface area contributed by atoms with Crippen molar-refractivity contribution in [1.82, 2.24) is 9.55 Å². The standard InChI is InChI=1S/C20H19N3O2S/c1-2-26-18-11-10-16(13-21-18)22-19(24)17-9-6-12-23(20(17)25)14-15-7-4-3-5-8-15/h3-13H,2,14H2,1H3,(H,22,24). The number of thioether (sulfide) groups is 1. The minimum absolute atomic E-state index is 0.107. The van der Waals surface area contributed by atoms with E-state index in [1.807, 2.05) is 36.4 Å². The van der Waals surface area contributed by atoms with Crippen LogP contribution < -0.4 is 10.9 Å². The first-order valence-electron chi connectivity index (χ1n) is 8.31. The lowest BCUT2D eigenvalue weighted by Crippen LogP contribution is -2.29. The number of carbonyl (C=O) groups excluding carboxylic acids is 1. The molecule has 2 aromatic heterocycles. The summed E-state index contributed by atoms with van der Waals surface area (Å²) in [4.78, 5) is 29.4. The van der Waals surface area contributed by atoms with Crippen molar-refractivity contribution in [3.63, 3.8) is 0 Å². The number of carbonyl (C=O) groups is 1. The van der Waals surface area contributed by atoms with Crippen molar-refractivity contribution in [2.24, 2.45) is 0 Å². The van der Waals surface area contributed by atoms with Crippen LogP contribution in [0.25, 0.3) is 0 Å². The van der Waals surface area contributed by atoms with Crippen LogP contribution >= 0.6 is 11.8 Å². The second-order valence-corrected chi connectivity index (χ2v) is 6.90. The van der Waals surface area contributed by atoms with Crippen molar-refractivity contribution < 1.29 is 4.79 Å². The molecule has 5 nitrogen and oxygen atoms in total. The maximum Gasteiger partial charge on any atom is 0.263 e. The zero-order valence-corrected chi connectivity index (χ0v) is 15.2. The molecule has 132 valence electrons. The molecule has 26 heavy (non-hydrogen) atoms. The Labute approximate surface area is 156 Å². The third-order valence-corrected chi connectivity index (χ3v) is 4.57. The van der Waals surface area contributed by atoms with Crippen molar-refractivity contribution in [2.45, 2.75) is 18.5 Å². The number of benzene rings is 1. The summed E-state index contributed by atoms with van der Waals surface area (Å²) in [6.07, 6.45) is 3.28. The summed E-state index contributed by atoms with van der Waals surface area (Å²) in [6, 6.07) is 16.5. The highest BCUT2D eigenvalue weighted by atomic mass is 32.2. The first kappa shape index (κ1) is 17.9. The average molecular weight is 365 g/mol. The van der Waals surface area contributed by atoms with E-state index in [0.717, 1.165) is 16.3 Å². The van der Waals surface area contributed by atoms with E-state index in [-0.39, 0.29) is 11.1 Å². The molecule has 3 rings (SSSR count). The Kier molecular flexibility index (Phi) is 5.86. The zero-order valence-electron chi connectivity index (χ0n) is 14.4. The van der Waals surface area contributed by atoms with E-state index >= 15 is 0 Å². The summed E-state index contributed by atoms with van der Waals surface area (Å²) in [6.45, 7) is 2.48. The monoisotopic (exact) mass is 365 g/mol. The molecule has 0 spiro atoms. The van der Waals surface area contributed by atoms with E-state index in [4.69, 9.17) is 0 Å². The van der Waals surface area contributed by atoms with Gasteiger partial charge in [0.05, 0.1) is 23.5 Å². The van der Waals surface area contributed by atoms with Gasteiger partial charge in [-0.1, -0.05) is 37.3 Å². The summed E-state index contributed by atoms with van der Waals surface area (Å²) < 4.78 is 1.53. The molecule has 0 aliphatic heterocycles. The molecule has 1 amide bonds. The van der Waals surface area contributed by atoms with Gasteiger partial charge in [-0.15, -0.1) is 11.8 Å². The van der Waals surface area contributed by atoms with E-state index in [1.165, 1.54) is 10.6 Å². The van der Waals surface area contributed by atoms with E-state index in [2.05, 4.69) is 17.2 Å². The van der Waals surface area contributed by atoms with Gasteiger partial charge in [-0.25, -0.2) is 4.98 Å². The minimum Gasteiger partial charge on any atom is -0.320 e. The molecule has 0 radical (unpaired) electrons. The van der Waals surface area contributed by atoms with Crippen LogP contribution in [0.1, 0.15) is 22.8 Å². The van der Waals surface area contributed by atoms with Gasteiger partial charge in [-0.3, -0.25) is 9.59 Å². The second-order valence-electron chi connectivity index (χ2n) is 5.61. The first-order chi connectivity index (χ1) is 12.7. The first-order valence-corrected chi connectivity index (χ1v) is 9.29. The fourth-order valence-electron chi connectivity index (χ4n) is 2.50. The fourth-order valence-corrected chi connectivity index (χ4v) is 3.09. The maximum absolute atomic E-state index is 12.6. The predicted molar refractivity (Wildman–Crippen MR) is 105 cm³/mol. The Bertz CT molecular complexity index is 937. The van der Waals surface area contributed by atoms with Gasteiger partial charge in [0.15, 0.2) is 0 Å². The highest BCUT2D eigenvalue weighted by Crippen LogP contribution is 2.16. The summed E-state index contributed by atoms with van der Waals surface area (Å²) >= 11 is 1.63. The van der Waals surface area contributed by atoms with Crippen LogP contribution in [0.5, 0.6) is 0 Å². The summed E-state index contributed by atoms with van der Waals surface area (Å²) in [5, 5.41) is 3.63. The molecular weight excluding hydrogens is 346 g/mol. The second kappa shape index (κ2) is 8.49. The highest BCUT2D eigenvalue weighted by Gasteiger charge is 2.13. The normalized spacial score (nSPS) is 10.5. The van der Waals surface area contributed by atoms with Crippen LogP contribution in [0.2, 0.25) is 0 Å². The van der Waals surface area contributed by atoms with Crippen LogP contribution in [0.3, 0.4) is 0 Å². The van der Waals surface area contributed by atoms with Crippen molar-refractivity contribution in [1.29, 1.82) is 0 Å². The fraction of sp³-hybridized carbons (Fsp3) is 0.150. The Hall–Kier alpha value is -2.86. The van der Waals surface area contributed by atoms with Gasteiger partial charge < -0.3 is 9.88 Å². The van der Waals surface area contributed by atoms with Gasteiger partial charge in [0, 0.05) is 6.20 Å². The van der Waals surface area contributed by atoms with Crippen LogP contribution in [-0.4, -0.2) is 21.2 Å². The van der Waals surface area contributed by atoms with Gasteiger partial charge >= 0.3 is 0 Å². The molecule has 2 heterocycles. The Morgan fingerprint density at radius 2 is 1.92 bits per heavy atom. The number of hydrogen-bond acceptors (Lipinski definition) is 4. The van der Waals surface area contributed by atoms with Gasteiger partial charge in [-0.2, -0.15) is 0 Å². The van der Waals surface area contributed by atoms with Gasteiger partial charge in [0.1, 0.15) is 5.56 Å². The van der Waals surface area contributed by atoms with Gasteiger partial charge in [-0.05, 0) is 35.6 Å². The largest absolute Gasteiger partial charge is 0.320 e. The number of pyridine rings is 2. The number of anilines is 1. The Morgan fingerprint density at radius 3 is 2.62 bits per heavy atom. The van der Waals surface area contributed by atoms with Crippen LogP contribution in [0.15, 0.2) is 76.8 Å². The molecule has 0 aliphatic rings. The quantitative estimate of drug-likeness (QED) is 0.677. The molecule has 0 bridgehead atoms. The van der Waals surface area contributed by atoms with Gasteiger partial charge in [0.25, 0.3) is 11.5 Å². The summed E-state index contributed by atoms with van der Waals surface area (Å²) in [7, 11) is 0. The number of nitrogens with one attached hydrogen (secondary N) is 1. The number of amides is 1. The topological polar surface area (TPSA) is 64.0 Å². The highest BCUT2D eigenvalue weighted by molar-refractivity contribution is 7.99. The van der Waals surface area contributed by atoms with Crippen molar-refractivity contribution in [3.05, 3.63) is 88.5 Å². The molecule has 1 aromatic carbocycles. The SMILES string of the molecule is CCSc1ccc(NC(=O)c2cccn(Cc3ccccc3)c2=O)cn1. The minimum atomic E-state index is -0.435. The third kappa shape index (κ3) is 4.40.